The number of hydrogen-bond donors (Lipinski definition) is 2. The Morgan fingerprint density at radius 3 is 2.16 bits per heavy atom. The Bertz CT molecular complexity index is 1230. The van der Waals surface area contributed by atoms with E-state index in [1.165, 1.54) is 29.7 Å². The van der Waals surface area contributed by atoms with Crippen LogP contribution in [0.2, 0.25) is 0 Å². The predicted molar refractivity (Wildman–Crippen MR) is 156 cm³/mol. The highest BCUT2D eigenvalue weighted by molar-refractivity contribution is 14.1. The van der Waals surface area contributed by atoms with Crippen LogP contribution >= 0.6 is 38.5 Å². The van der Waals surface area contributed by atoms with E-state index in [1.807, 2.05) is 36.4 Å². The summed E-state index contributed by atoms with van der Waals surface area (Å²) in [5.41, 5.74) is 4.34. The van der Waals surface area contributed by atoms with Crippen LogP contribution < -0.4 is 5.32 Å². The van der Waals surface area contributed by atoms with Crippen LogP contribution in [0.4, 0.5) is 0 Å². The summed E-state index contributed by atoms with van der Waals surface area (Å²) < 4.78 is 1.68. The lowest BCUT2D eigenvalue weighted by Gasteiger charge is -2.22. The van der Waals surface area contributed by atoms with Crippen molar-refractivity contribution in [3.63, 3.8) is 0 Å². The number of aryl methyl sites for hydroxylation is 1. The lowest BCUT2D eigenvalue weighted by Crippen LogP contribution is -2.35. The first-order valence-electron chi connectivity index (χ1n) is 12.2. The first-order chi connectivity index (χ1) is 17.8. The zero-order chi connectivity index (χ0) is 26.8. The third-order valence-corrected chi connectivity index (χ3v) is 7.44. The summed E-state index contributed by atoms with van der Waals surface area (Å²) in [5.74, 6) is -2.70. The van der Waals surface area contributed by atoms with Gasteiger partial charge in [-0.25, -0.2) is 4.79 Å². The first kappa shape index (κ1) is 28.8. The molecular formula is C29H30BrIN2O4. The summed E-state index contributed by atoms with van der Waals surface area (Å²) in [6, 6.07) is 21.0. The van der Waals surface area contributed by atoms with Crippen LogP contribution in [0.25, 0.3) is 0 Å². The molecule has 194 valence electrons. The van der Waals surface area contributed by atoms with Gasteiger partial charge in [0.15, 0.2) is 0 Å². The minimum atomic E-state index is -1.51. The second kappa shape index (κ2) is 14.3. The molecule has 0 heterocycles. The number of nitrogens with zero attached hydrogens (tertiary/aromatic N) is 1. The standard InChI is InChI=1S/C29H30BrIN2O4/c1-2-3-4-5-20-6-8-21(9-7-20)17-32-27(34)23-12-13-24(26(30)16-23)19-33(28(35)29(36)37)18-22-10-14-25(31)15-11-22/h6-16H,2-5,17-19H2,1H3,(H,32,34)(H,36,37). The number of halogens is 2. The van der Waals surface area contributed by atoms with Gasteiger partial charge in [0.05, 0.1) is 0 Å². The zero-order valence-corrected chi connectivity index (χ0v) is 24.4. The average Bonchev–Trinajstić information content (AvgIpc) is 2.89. The molecule has 0 aliphatic rings. The van der Waals surface area contributed by atoms with Crippen molar-refractivity contribution >= 4 is 56.3 Å². The zero-order valence-electron chi connectivity index (χ0n) is 20.7. The molecule has 0 aromatic heterocycles. The van der Waals surface area contributed by atoms with Gasteiger partial charge in [-0.3, -0.25) is 9.59 Å². The lowest BCUT2D eigenvalue weighted by atomic mass is 10.1. The Labute approximate surface area is 239 Å². The molecule has 3 aromatic rings. The Kier molecular flexibility index (Phi) is 11.1. The number of benzene rings is 3. The Hall–Kier alpha value is -2.72. The largest absolute Gasteiger partial charge is 0.474 e. The van der Waals surface area contributed by atoms with Crippen LogP contribution in [-0.2, 0) is 35.6 Å². The summed E-state index contributed by atoms with van der Waals surface area (Å²) >= 11 is 5.68. The van der Waals surface area contributed by atoms with Gasteiger partial charge < -0.3 is 15.3 Å². The van der Waals surface area contributed by atoms with Crippen LogP contribution in [0.3, 0.4) is 0 Å². The molecule has 2 N–H and O–H groups in total. The van der Waals surface area contributed by atoms with Gasteiger partial charge in [0.2, 0.25) is 0 Å². The van der Waals surface area contributed by atoms with Gasteiger partial charge in [0.1, 0.15) is 0 Å². The van der Waals surface area contributed by atoms with Crippen molar-refractivity contribution in [1.29, 1.82) is 0 Å². The maximum atomic E-state index is 12.7. The fraction of sp³-hybridized carbons (Fsp3) is 0.276. The van der Waals surface area contributed by atoms with Crippen molar-refractivity contribution in [3.05, 3.63) is 103 Å². The summed E-state index contributed by atoms with van der Waals surface area (Å²) in [4.78, 5) is 37.8. The lowest BCUT2D eigenvalue weighted by molar-refractivity contribution is -0.156. The number of unbranched alkanes of at least 4 members (excludes halogenated alkanes) is 2. The number of carbonyl (C=O) groups excluding carboxylic acids is 2. The van der Waals surface area contributed by atoms with Gasteiger partial charge >= 0.3 is 11.9 Å². The number of carboxylic acid groups (broad SMARTS) is 1. The second-order valence-corrected chi connectivity index (χ2v) is 11.0. The van der Waals surface area contributed by atoms with E-state index in [1.54, 1.807) is 18.2 Å². The highest BCUT2D eigenvalue weighted by atomic mass is 127. The number of hydrogen-bond acceptors (Lipinski definition) is 3. The molecule has 0 radical (unpaired) electrons. The summed E-state index contributed by atoms with van der Waals surface area (Å²) in [5, 5.41) is 12.2. The third-order valence-electron chi connectivity index (χ3n) is 5.98. The van der Waals surface area contributed by atoms with Gasteiger partial charge in [-0.2, -0.15) is 0 Å². The van der Waals surface area contributed by atoms with E-state index in [0.717, 1.165) is 21.1 Å². The monoisotopic (exact) mass is 676 g/mol. The summed E-state index contributed by atoms with van der Waals surface area (Å²) in [7, 11) is 0. The molecule has 0 bridgehead atoms. The second-order valence-electron chi connectivity index (χ2n) is 8.86. The van der Waals surface area contributed by atoms with E-state index in [0.29, 0.717) is 22.1 Å². The molecule has 0 atom stereocenters. The number of nitrogens with one attached hydrogen (secondary N) is 1. The van der Waals surface area contributed by atoms with Crippen molar-refractivity contribution in [2.45, 2.75) is 52.2 Å². The van der Waals surface area contributed by atoms with Gasteiger partial charge in [0, 0.05) is 33.2 Å². The molecule has 0 saturated carbocycles. The van der Waals surface area contributed by atoms with Gasteiger partial charge in [-0.05, 0) is 82.0 Å². The van der Waals surface area contributed by atoms with Gasteiger partial charge in [-0.15, -0.1) is 0 Å². The van der Waals surface area contributed by atoms with E-state index < -0.39 is 11.9 Å². The molecule has 37 heavy (non-hydrogen) atoms. The van der Waals surface area contributed by atoms with Crippen molar-refractivity contribution in [2.24, 2.45) is 0 Å². The van der Waals surface area contributed by atoms with Crippen LogP contribution in [0.1, 0.15) is 58.8 Å². The maximum Gasteiger partial charge on any atom is 0.394 e. The molecule has 0 saturated heterocycles. The van der Waals surface area contributed by atoms with E-state index in [9.17, 15) is 19.5 Å². The van der Waals surface area contributed by atoms with E-state index in [4.69, 9.17) is 0 Å². The minimum absolute atomic E-state index is 0.0875. The minimum Gasteiger partial charge on any atom is -0.474 e. The van der Waals surface area contributed by atoms with E-state index >= 15 is 0 Å². The first-order valence-corrected chi connectivity index (χ1v) is 14.0. The summed E-state index contributed by atoms with van der Waals surface area (Å²) in [6.07, 6.45) is 4.69. The van der Waals surface area contributed by atoms with Crippen LogP contribution in [0.5, 0.6) is 0 Å². The molecule has 3 aromatic carbocycles. The Morgan fingerprint density at radius 1 is 0.892 bits per heavy atom. The molecule has 0 aliphatic carbocycles. The van der Waals surface area contributed by atoms with Crippen molar-refractivity contribution in [2.75, 3.05) is 0 Å². The number of amides is 2. The molecule has 0 spiro atoms. The molecule has 2 amide bonds. The quantitative estimate of drug-likeness (QED) is 0.141. The molecule has 0 aliphatic heterocycles. The highest BCUT2D eigenvalue weighted by Crippen LogP contribution is 2.22. The molecule has 8 heteroatoms. The molecular weight excluding hydrogens is 647 g/mol. The highest BCUT2D eigenvalue weighted by Gasteiger charge is 2.22. The fourth-order valence-corrected chi connectivity index (χ4v) is 4.72. The average molecular weight is 677 g/mol. The Morgan fingerprint density at radius 2 is 1.54 bits per heavy atom. The fourth-order valence-electron chi connectivity index (χ4n) is 3.85. The van der Waals surface area contributed by atoms with E-state index in [2.05, 4.69) is 62.9 Å². The molecule has 6 nitrogen and oxygen atoms in total. The van der Waals surface area contributed by atoms with E-state index in [-0.39, 0.29) is 19.0 Å². The molecule has 0 fully saturated rings. The SMILES string of the molecule is CCCCCc1ccc(CNC(=O)c2ccc(CN(Cc3ccc(I)cc3)C(=O)C(=O)O)c(Br)c2)cc1. The smallest absolute Gasteiger partial charge is 0.394 e. The Balaban J connectivity index is 1.62. The van der Waals surface area contributed by atoms with Crippen molar-refractivity contribution in [1.82, 2.24) is 10.2 Å². The van der Waals surface area contributed by atoms with Gasteiger partial charge in [-0.1, -0.05) is 78.2 Å². The number of rotatable bonds is 11. The maximum absolute atomic E-state index is 12.7. The van der Waals surface area contributed by atoms with Crippen LogP contribution in [-0.4, -0.2) is 27.8 Å². The molecule has 0 unspecified atom stereocenters. The topological polar surface area (TPSA) is 86.7 Å². The summed E-state index contributed by atoms with van der Waals surface area (Å²) in [6.45, 7) is 2.86. The van der Waals surface area contributed by atoms with Crippen molar-refractivity contribution < 1.29 is 19.5 Å². The van der Waals surface area contributed by atoms with Crippen LogP contribution in [0.15, 0.2) is 71.2 Å². The van der Waals surface area contributed by atoms with Gasteiger partial charge in [0.25, 0.3) is 5.91 Å². The number of aliphatic carboxylic acids is 1. The van der Waals surface area contributed by atoms with Crippen LogP contribution in [0, 0.1) is 3.57 Å². The predicted octanol–water partition coefficient (Wildman–Crippen LogP) is 6.33. The number of carbonyl (C=O) groups is 3. The molecule has 3 rings (SSSR count). The van der Waals surface area contributed by atoms with Crippen molar-refractivity contribution in [3.8, 4) is 0 Å². The number of carboxylic acids is 1. The normalized spacial score (nSPS) is 10.7. The third kappa shape index (κ3) is 8.96.